The molecule has 10 nitrogen and oxygen atoms in total. The Morgan fingerprint density at radius 1 is 1.04 bits per heavy atom. The van der Waals surface area contributed by atoms with E-state index in [4.69, 9.17) is 42.8 Å². The standard InChI is InChI=1S/C32H32ClFN4O6S/c1-4-41-26-15-21(14-24(33)30(26)44-17-20-10-12-22(34)13-11-20)16-35-38-27(39)18-43-25-9-7-6-8-23(25)29-28(31(40)42-5-2)19(3)36-32(45)37-29/h6-16,29H,4-5,17-18H2,1-3H3,(H,38,39)(H2,36,37,45)/t29-/m0/s1. The van der Waals surface area contributed by atoms with Crippen LogP contribution >= 0.6 is 23.8 Å². The van der Waals surface area contributed by atoms with Gasteiger partial charge in [-0.05, 0) is 74.4 Å². The predicted molar refractivity (Wildman–Crippen MR) is 172 cm³/mol. The number of carbonyl (C=O) groups is 2. The van der Waals surface area contributed by atoms with Gasteiger partial charge in [0.1, 0.15) is 18.2 Å². The summed E-state index contributed by atoms with van der Waals surface area (Å²) >= 11 is 11.8. The number of allylic oxidation sites excluding steroid dienone is 1. The SMILES string of the molecule is CCOC(=O)C1=C(C)NC(=S)N[C@H]1c1ccccc1OCC(=O)NN=Cc1cc(Cl)c(OCc2ccc(F)cc2)c(OCC)c1. The van der Waals surface area contributed by atoms with Crippen molar-refractivity contribution in [1.82, 2.24) is 16.1 Å². The van der Waals surface area contributed by atoms with E-state index in [0.717, 1.165) is 5.56 Å². The molecule has 3 aromatic rings. The molecule has 1 aliphatic heterocycles. The van der Waals surface area contributed by atoms with Crippen molar-refractivity contribution >= 4 is 47.0 Å². The summed E-state index contributed by atoms with van der Waals surface area (Å²) in [6.07, 6.45) is 1.41. The quantitative estimate of drug-likeness (QED) is 0.0971. The number of hydrogen-bond donors (Lipinski definition) is 3. The van der Waals surface area contributed by atoms with Gasteiger partial charge in [-0.15, -0.1) is 0 Å². The van der Waals surface area contributed by atoms with Crippen LogP contribution in [0.15, 0.2) is 77.0 Å². The van der Waals surface area contributed by atoms with Gasteiger partial charge < -0.3 is 29.6 Å². The molecule has 4 rings (SSSR count). The monoisotopic (exact) mass is 654 g/mol. The van der Waals surface area contributed by atoms with Gasteiger partial charge in [0.2, 0.25) is 0 Å². The highest BCUT2D eigenvalue weighted by Crippen LogP contribution is 2.37. The normalized spacial score (nSPS) is 14.4. The molecule has 0 aromatic heterocycles. The number of esters is 1. The first-order valence-electron chi connectivity index (χ1n) is 14.0. The Hall–Kier alpha value is -4.68. The van der Waals surface area contributed by atoms with Gasteiger partial charge in [0, 0.05) is 11.3 Å². The van der Waals surface area contributed by atoms with E-state index in [2.05, 4.69) is 21.2 Å². The molecule has 1 heterocycles. The topological polar surface area (TPSA) is 120 Å². The van der Waals surface area contributed by atoms with Gasteiger partial charge in [0.25, 0.3) is 5.91 Å². The Labute approximate surface area is 270 Å². The first kappa shape index (κ1) is 33.2. The van der Waals surface area contributed by atoms with Gasteiger partial charge >= 0.3 is 5.97 Å². The summed E-state index contributed by atoms with van der Waals surface area (Å²) < 4.78 is 35.9. The summed E-state index contributed by atoms with van der Waals surface area (Å²) in [5.41, 5.74) is 5.24. The van der Waals surface area contributed by atoms with Crippen molar-refractivity contribution in [3.8, 4) is 17.2 Å². The molecular formula is C32H32ClFN4O6S. The highest BCUT2D eigenvalue weighted by Gasteiger charge is 2.32. The number of amides is 1. The maximum Gasteiger partial charge on any atom is 0.338 e. The fourth-order valence-corrected chi connectivity index (χ4v) is 4.96. The predicted octanol–water partition coefficient (Wildman–Crippen LogP) is 5.34. The van der Waals surface area contributed by atoms with Crippen LogP contribution in [0.4, 0.5) is 4.39 Å². The van der Waals surface area contributed by atoms with E-state index in [0.29, 0.717) is 51.4 Å². The Morgan fingerprint density at radius 2 is 1.80 bits per heavy atom. The summed E-state index contributed by atoms with van der Waals surface area (Å²) in [7, 11) is 0. The molecule has 0 spiro atoms. The van der Waals surface area contributed by atoms with Gasteiger partial charge in [0.15, 0.2) is 23.2 Å². The third-order valence-corrected chi connectivity index (χ3v) is 6.88. The van der Waals surface area contributed by atoms with Crippen LogP contribution in [0.5, 0.6) is 17.2 Å². The first-order chi connectivity index (χ1) is 21.7. The van der Waals surface area contributed by atoms with Gasteiger partial charge in [-0.25, -0.2) is 14.6 Å². The molecule has 0 saturated heterocycles. The van der Waals surface area contributed by atoms with Crippen LogP contribution in [-0.2, 0) is 20.9 Å². The highest BCUT2D eigenvalue weighted by molar-refractivity contribution is 7.80. The number of carbonyl (C=O) groups excluding carboxylic acids is 2. The molecule has 0 bridgehead atoms. The second-order valence-electron chi connectivity index (χ2n) is 9.59. The van der Waals surface area contributed by atoms with Crippen molar-refractivity contribution in [2.24, 2.45) is 5.10 Å². The molecule has 0 aliphatic carbocycles. The molecule has 236 valence electrons. The number of ether oxygens (including phenoxy) is 4. The Morgan fingerprint density at radius 3 is 2.53 bits per heavy atom. The minimum absolute atomic E-state index is 0.160. The second kappa shape index (κ2) is 15.9. The number of thiocarbonyl (C=S) groups is 1. The van der Waals surface area contributed by atoms with Gasteiger partial charge in [-0.1, -0.05) is 41.9 Å². The Kier molecular flexibility index (Phi) is 11.7. The third kappa shape index (κ3) is 8.93. The van der Waals surface area contributed by atoms with Crippen LogP contribution < -0.4 is 30.3 Å². The number of halogens is 2. The lowest BCUT2D eigenvalue weighted by Gasteiger charge is -2.30. The smallest absolute Gasteiger partial charge is 0.338 e. The van der Waals surface area contributed by atoms with Crippen LogP contribution in [0.1, 0.15) is 43.5 Å². The molecule has 45 heavy (non-hydrogen) atoms. The molecule has 1 atom stereocenters. The molecule has 3 aromatic carbocycles. The Bertz CT molecular complexity index is 1620. The summed E-state index contributed by atoms with van der Waals surface area (Å²) in [5, 5.41) is 10.7. The number of nitrogens with one attached hydrogen (secondary N) is 3. The zero-order valence-corrected chi connectivity index (χ0v) is 26.4. The van der Waals surface area contributed by atoms with Crippen LogP contribution in [-0.4, -0.2) is 43.0 Å². The van der Waals surface area contributed by atoms with Crippen molar-refractivity contribution in [1.29, 1.82) is 0 Å². The summed E-state index contributed by atoms with van der Waals surface area (Å²) in [6.45, 7) is 5.65. The number of rotatable bonds is 13. The summed E-state index contributed by atoms with van der Waals surface area (Å²) in [5.74, 6) is -0.269. The van der Waals surface area contributed by atoms with Gasteiger partial charge in [-0.3, -0.25) is 4.79 Å². The van der Waals surface area contributed by atoms with Gasteiger partial charge in [-0.2, -0.15) is 5.10 Å². The van der Waals surface area contributed by atoms with E-state index in [9.17, 15) is 14.0 Å². The maximum atomic E-state index is 13.2. The average Bonchev–Trinajstić information content (AvgIpc) is 3.00. The number of para-hydroxylation sites is 1. The molecule has 1 amide bonds. The zero-order chi connectivity index (χ0) is 32.3. The molecule has 13 heteroatoms. The fraction of sp³-hybridized carbons (Fsp3) is 0.250. The minimum Gasteiger partial charge on any atom is -0.490 e. The van der Waals surface area contributed by atoms with E-state index in [-0.39, 0.29) is 30.7 Å². The fourth-order valence-electron chi connectivity index (χ4n) is 4.41. The zero-order valence-electron chi connectivity index (χ0n) is 24.8. The number of hydrazone groups is 1. The van der Waals surface area contributed by atoms with E-state index in [1.807, 2.05) is 6.92 Å². The van der Waals surface area contributed by atoms with Crippen LogP contribution in [0.2, 0.25) is 5.02 Å². The van der Waals surface area contributed by atoms with Crippen molar-refractivity contribution in [3.63, 3.8) is 0 Å². The molecule has 3 N–H and O–H groups in total. The lowest BCUT2D eigenvalue weighted by Crippen LogP contribution is -2.45. The van der Waals surface area contributed by atoms with Crippen molar-refractivity contribution < 1.29 is 32.9 Å². The molecule has 0 radical (unpaired) electrons. The molecule has 0 fully saturated rings. The minimum atomic E-state index is -0.651. The van der Waals surface area contributed by atoms with Gasteiger partial charge in [0.05, 0.1) is 36.1 Å². The number of benzene rings is 3. The largest absolute Gasteiger partial charge is 0.490 e. The molecule has 1 aliphatic rings. The lowest BCUT2D eigenvalue weighted by atomic mass is 9.95. The highest BCUT2D eigenvalue weighted by atomic mass is 35.5. The van der Waals surface area contributed by atoms with Crippen LogP contribution in [0, 0.1) is 5.82 Å². The summed E-state index contributed by atoms with van der Waals surface area (Å²) in [6, 6.07) is 15.6. The van der Waals surface area contributed by atoms with E-state index < -0.39 is 17.9 Å². The number of hydrogen-bond acceptors (Lipinski definition) is 8. The average molecular weight is 655 g/mol. The first-order valence-corrected chi connectivity index (χ1v) is 14.8. The van der Waals surface area contributed by atoms with E-state index in [1.54, 1.807) is 62.4 Å². The maximum absolute atomic E-state index is 13.2. The second-order valence-corrected chi connectivity index (χ2v) is 10.4. The van der Waals surface area contributed by atoms with Crippen molar-refractivity contribution in [2.45, 2.75) is 33.4 Å². The van der Waals surface area contributed by atoms with Crippen molar-refractivity contribution in [3.05, 3.63) is 99.5 Å². The van der Waals surface area contributed by atoms with Crippen molar-refractivity contribution in [2.75, 3.05) is 19.8 Å². The Balaban J connectivity index is 1.41. The van der Waals surface area contributed by atoms with E-state index in [1.165, 1.54) is 18.3 Å². The van der Waals surface area contributed by atoms with Crippen LogP contribution in [0.25, 0.3) is 0 Å². The number of nitrogens with zero attached hydrogens (tertiary/aromatic N) is 1. The lowest BCUT2D eigenvalue weighted by molar-refractivity contribution is -0.139. The molecule has 0 unspecified atom stereocenters. The van der Waals surface area contributed by atoms with Crippen LogP contribution in [0.3, 0.4) is 0 Å². The molecule has 0 saturated carbocycles. The molecular weight excluding hydrogens is 623 g/mol. The van der Waals surface area contributed by atoms with E-state index >= 15 is 0 Å². The summed E-state index contributed by atoms with van der Waals surface area (Å²) in [4.78, 5) is 25.4. The third-order valence-electron chi connectivity index (χ3n) is 6.38.